The molecule has 4 rings (SSSR count). The fraction of sp³-hybridized carbons (Fsp3) is 0.464. The van der Waals surface area contributed by atoms with Crippen molar-refractivity contribution in [3.63, 3.8) is 0 Å². The first-order valence-corrected chi connectivity index (χ1v) is 12.2. The van der Waals surface area contributed by atoms with Gasteiger partial charge in [0.15, 0.2) is 5.78 Å². The zero-order valence-electron chi connectivity index (χ0n) is 22.5. The average molecular weight is 509 g/mol. The van der Waals surface area contributed by atoms with Crippen molar-refractivity contribution in [1.82, 2.24) is 14.5 Å². The first-order chi connectivity index (χ1) is 17.6. The van der Waals surface area contributed by atoms with E-state index in [-0.39, 0.29) is 18.5 Å². The first-order valence-electron chi connectivity index (χ1n) is 12.2. The van der Waals surface area contributed by atoms with Crippen LogP contribution in [0.3, 0.4) is 0 Å². The molecule has 0 saturated carbocycles. The number of rotatable bonds is 6. The van der Waals surface area contributed by atoms with Crippen LogP contribution < -0.4 is 0 Å². The Labute approximate surface area is 217 Å². The molecule has 0 bridgehead atoms. The van der Waals surface area contributed by atoms with Gasteiger partial charge in [-0.25, -0.2) is 4.52 Å². The summed E-state index contributed by atoms with van der Waals surface area (Å²) < 4.78 is 7.00. The lowest BCUT2D eigenvalue weighted by molar-refractivity contribution is -0.191. The third-order valence-electron chi connectivity index (χ3n) is 6.87. The molecule has 0 aliphatic carbocycles. The molecule has 1 fully saturated rings. The second-order valence-electron chi connectivity index (χ2n) is 9.73. The fourth-order valence-electron chi connectivity index (χ4n) is 4.40. The molecule has 198 valence electrons. The molecule has 9 heteroatoms. The number of Topliss-reactive ketones (excluding diaryl/α,β-unsaturated/α-hetero) is 1. The van der Waals surface area contributed by atoms with E-state index in [0.29, 0.717) is 6.10 Å². The second kappa shape index (κ2) is 13.7. The largest absolute Gasteiger partial charge is 0.381 e. The number of nitroso groups, excluding NO2 is 1. The molecule has 2 aromatic heterocycles. The zero-order chi connectivity index (χ0) is 27.6. The summed E-state index contributed by atoms with van der Waals surface area (Å²) in [4.78, 5) is 41.5. The van der Waals surface area contributed by atoms with E-state index >= 15 is 0 Å². The summed E-state index contributed by atoms with van der Waals surface area (Å²) >= 11 is 0. The summed E-state index contributed by atoms with van der Waals surface area (Å²) in [7, 11) is 3.96. The number of methoxy groups -OCH3 is 1. The van der Waals surface area contributed by atoms with Gasteiger partial charge in [0.05, 0.1) is 23.2 Å². The fourth-order valence-corrected chi connectivity index (χ4v) is 4.40. The van der Waals surface area contributed by atoms with Crippen LogP contribution in [0.15, 0.2) is 47.9 Å². The maximum atomic E-state index is 12.4. The zero-order valence-corrected chi connectivity index (χ0v) is 22.5. The van der Waals surface area contributed by atoms with Crippen molar-refractivity contribution >= 4 is 17.5 Å². The van der Waals surface area contributed by atoms with Gasteiger partial charge in [-0.1, -0.05) is 29.4 Å². The number of aryl methyl sites for hydroxylation is 2. The van der Waals surface area contributed by atoms with Crippen molar-refractivity contribution in [2.24, 2.45) is 5.18 Å². The van der Waals surface area contributed by atoms with Gasteiger partial charge in [-0.05, 0) is 75.9 Å². The topological polar surface area (TPSA) is 110 Å². The molecule has 3 heterocycles. The Hall–Kier alpha value is -3.52. The standard InChI is InChI=1S/C20H21N3O2.C7H15NO.CO2/c1-13-7-5-6-8-15(13)16-9-18-17(10-21-23(18)12-14(16)2)20(3,4)19(24)11-22-25;1-8-5-3-7(9-2)4-6-8;2-1-3/h5-10,12H,11H2,1-4H3;7H,3-6H2,1-2H3;. The van der Waals surface area contributed by atoms with Crippen LogP contribution in [0, 0.1) is 18.8 Å². The Morgan fingerprint density at radius 2 is 1.76 bits per heavy atom. The highest BCUT2D eigenvalue weighted by Gasteiger charge is 2.32. The number of benzene rings is 1. The Balaban J connectivity index is 0.000000333. The molecule has 0 radical (unpaired) electrons. The number of ketones is 1. The number of hydrogen-bond donors (Lipinski definition) is 0. The number of fused-ring (bicyclic) bond motifs is 1. The summed E-state index contributed by atoms with van der Waals surface area (Å²) in [6.07, 6.45) is 6.86. The molecule has 3 aromatic rings. The minimum atomic E-state index is -0.825. The van der Waals surface area contributed by atoms with Gasteiger partial charge in [-0.15, -0.1) is 0 Å². The van der Waals surface area contributed by atoms with E-state index in [1.807, 2.05) is 32.2 Å². The SMILES string of the molecule is COC1CCN(C)CC1.Cc1ccccc1-c1cc2c(C(C)(C)C(=O)CN=O)cnn2cc1C.O=C=O. The molecular weight excluding hydrogens is 472 g/mol. The van der Waals surface area contributed by atoms with Gasteiger partial charge in [0, 0.05) is 32.0 Å². The molecule has 1 aliphatic rings. The summed E-state index contributed by atoms with van der Waals surface area (Å²) in [6.45, 7) is 9.81. The van der Waals surface area contributed by atoms with Crippen molar-refractivity contribution < 1.29 is 19.1 Å². The lowest BCUT2D eigenvalue weighted by Crippen LogP contribution is -2.33. The number of ether oxygens (including phenoxy) is 1. The molecule has 1 saturated heterocycles. The van der Waals surface area contributed by atoms with Crippen LogP contribution in [0.1, 0.15) is 43.4 Å². The van der Waals surface area contributed by atoms with Gasteiger partial charge in [0.1, 0.15) is 6.54 Å². The van der Waals surface area contributed by atoms with E-state index in [9.17, 15) is 9.70 Å². The third-order valence-corrected chi connectivity index (χ3v) is 6.87. The van der Waals surface area contributed by atoms with Crippen molar-refractivity contribution in [2.45, 2.75) is 52.1 Å². The maximum absolute atomic E-state index is 12.4. The van der Waals surface area contributed by atoms with Gasteiger partial charge in [-0.2, -0.15) is 19.6 Å². The van der Waals surface area contributed by atoms with Crippen molar-refractivity contribution in [1.29, 1.82) is 0 Å². The Morgan fingerprint density at radius 1 is 1.14 bits per heavy atom. The quantitative estimate of drug-likeness (QED) is 0.455. The monoisotopic (exact) mass is 508 g/mol. The highest BCUT2D eigenvalue weighted by atomic mass is 16.5. The Bertz CT molecular complexity index is 1240. The smallest absolute Gasteiger partial charge is 0.373 e. The number of aromatic nitrogens is 2. The minimum Gasteiger partial charge on any atom is -0.381 e. The van der Waals surface area contributed by atoms with Crippen molar-refractivity contribution in [3.8, 4) is 11.1 Å². The normalized spacial score (nSPS) is 14.1. The van der Waals surface area contributed by atoms with Crippen molar-refractivity contribution in [3.05, 3.63) is 64.3 Å². The number of carbonyl (C=O) groups excluding carboxylic acids is 3. The molecule has 37 heavy (non-hydrogen) atoms. The summed E-state index contributed by atoms with van der Waals surface area (Å²) in [5.41, 5.74) is 5.42. The first kappa shape index (κ1) is 29.7. The summed E-state index contributed by atoms with van der Waals surface area (Å²) in [5.74, 6) is -0.213. The maximum Gasteiger partial charge on any atom is 0.373 e. The lowest BCUT2D eigenvalue weighted by Gasteiger charge is -2.27. The molecule has 0 atom stereocenters. The van der Waals surface area contributed by atoms with Crippen LogP contribution in [0.4, 0.5) is 0 Å². The number of nitrogens with zero attached hydrogens (tertiary/aromatic N) is 4. The van der Waals surface area contributed by atoms with Crippen LogP contribution in [0.5, 0.6) is 0 Å². The van der Waals surface area contributed by atoms with Gasteiger partial charge in [-0.3, -0.25) is 4.79 Å². The number of piperidine rings is 1. The lowest BCUT2D eigenvalue weighted by atomic mass is 9.81. The summed E-state index contributed by atoms with van der Waals surface area (Å²) in [6, 6.07) is 10.3. The van der Waals surface area contributed by atoms with Gasteiger partial charge in [0.2, 0.25) is 0 Å². The van der Waals surface area contributed by atoms with Crippen LogP contribution >= 0.6 is 0 Å². The molecule has 0 N–H and O–H groups in total. The van der Waals surface area contributed by atoms with Crippen molar-refractivity contribution in [2.75, 3.05) is 33.8 Å². The van der Waals surface area contributed by atoms with Crippen LogP contribution in [-0.4, -0.2) is 66.3 Å². The Morgan fingerprint density at radius 3 is 2.32 bits per heavy atom. The number of pyridine rings is 1. The van der Waals surface area contributed by atoms with Crippen LogP contribution in [-0.2, 0) is 24.5 Å². The predicted octanol–water partition coefficient (Wildman–Crippen LogP) is 4.37. The van der Waals surface area contributed by atoms with E-state index in [0.717, 1.165) is 27.8 Å². The Kier molecular flexibility index (Phi) is 11.0. The number of hydrogen-bond acceptors (Lipinski definition) is 8. The predicted molar refractivity (Wildman–Crippen MR) is 141 cm³/mol. The van der Waals surface area contributed by atoms with Gasteiger partial charge < -0.3 is 9.64 Å². The molecular formula is C28H36N4O5. The average Bonchev–Trinajstić information content (AvgIpc) is 3.29. The second-order valence-corrected chi connectivity index (χ2v) is 9.73. The highest BCUT2D eigenvalue weighted by Crippen LogP contribution is 2.33. The van der Waals surface area contributed by atoms with Gasteiger partial charge in [0.25, 0.3) is 0 Å². The number of likely N-dealkylation sites (tertiary alicyclic amines) is 1. The molecule has 0 amide bonds. The molecule has 1 aliphatic heterocycles. The van der Waals surface area contributed by atoms with E-state index in [4.69, 9.17) is 14.3 Å². The molecule has 1 aromatic carbocycles. The van der Waals surface area contributed by atoms with Gasteiger partial charge >= 0.3 is 6.15 Å². The summed E-state index contributed by atoms with van der Waals surface area (Å²) in [5, 5.41) is 7.16. The van der Waals surface area contributed by atoms with E-state index < -0.39 is 5.41 Å². The molecule has 0 unspecified atom stereocenters. The minimum absolute atomic E-state index is 0.213. The van der Waals surface area contributed by atoms with E-state index in [1.165, 1.54) is 31.5 Å². The van der Waals surface area contributed by atoms with E-state index in [1.54, 1.807) is 17.8 Å². The number of carbonyl (C=O) groups is 1. The highest BCUT2D eigenvalue weighted by molar-refractivity contribution is 5.93. The molecule has 0 spiro atoms. The third kappa shape index (κ3) is 7.49. The van der Waals surface area contributed by atoms with E-state index in [2.05, 4.69) is 54.3 Å². The van der Waals surface area contributed by atoms with Crippen LogP contribution in [0.25, 0.3) is 16.6 Å². The molecule has 9 nitrogen and oxygen atoms in total. The van der Waals surface area contributed by atoms with Crippen LogP contribution in [0.2, 0.25) is 0 Å².